The maximum Gasteiger partial charge on any atom is 0.262 e. The molecule has 1 aliphatic rings. The minimum absolute atomic E-state index is 0.0303. The van der Waals surface area contributed by atoms with Crippen molar-refractivity contribution in [3.8, 4) is 5.69 Å². The van der Waals surface area contributed by atoms with E-state index in [0.29, 0.717) is 5.82 Å². The van der Waals surface area contributed by atoms with Crippen LogP contribution in [0.2, 0.25) is 0 Å². The van der Waals surface area contributed by atoms with E-state index < -0.39 is 29.6 Å². The molecule has 0 fully saturated rings. The molecule has 32 heavy (non-hydrogen) atoms. The highest BCUT2D eigenvalue weighted by atomic mass is 19.1. The Morgan fingerprint density at radius 1 is 1.09 bits per heavy atom. The number of nitrogens with zero attached hydrogens (tertiary/aromatic N) is 5. The van der Waals surface area contributed by atoms with Gasteiger partial charge in [-0.05, 0) is 60.0 Å². The van der Waals surface area contributed by atoms with Gasteiger partial charge in [0.1, 0.15) is 17.5 Å². The zero-order valence-electron chi connectivity index (χ0n) is 17.7. The second kappa shape index (κ2) is 8.29. The predicted molar refractivity (Wildman–Crippen MR) is 113 cm³/mol. The lowest BCUT2D eigenvalue weighted by Crippen LogP contribution is -2.47. The molecule has 1 aromatic heterocycles. The largest absolute Gasteiger partial charge is 0.324 e. The first-order valence-electron chi connectivity index (χ1n) is 10.1. The monoisotopic (exact) mass is 436 g/mol. The molecule has 0 saturated carbocycles. The molecule has 9 nitrogen and oxygen atoms in total. The van der Waals surface area contributed by atoms with E-state index in [0.717, 1.165) is 4.90 Å². The number of aryl methyl sites for hydroxylation is 1. The fourth-order valence-electron chi connectivity index (χ4n) is 3.70. The zero-order valence-corrected chi connectivity index (χ0v) is 17.7. The van der Waals surface area contributed by atoms with Crippen LogP contribution < -0.4 is 5.32 Å². The Morgan fingerprint density at radius 3 is 2.31 bits per heavy atom. The first-order valence-corrected chi connectivity index (χ1v) is 10.1. The van der Waals surface area contributed by atoms with E-state index in [2.05, 4.69) is 20.8 Å². The molecule has 0 bridgehead atoms. The molecule has 1 atom stereocenters. The van der Waals surface area contributed by atoms with Gasteiger partial charge in [0.15, 0.2) is 5.82 Å². The number of aromatic nitrogens is 4. The van der Waals surface area contributed by atoms with Crippen LogP contribution in [0, 0.1) is 18.7 Å². The van der Waals surface area contributed by atoms with E-state index in [1.54, 1.807) is 31.2 Å². The maximum absolute atomic E-state index is 14.4. The number of carbonyl (C=O) groups is 3. The van der Waals surface area contributed by atoms with Crippen molar-refractivity contribution < 1.29 is 18.8 Å². The number of hydrogen-bond donors (Lipinski definition) is 1. The number of carbonyl (C=O) groups excluding carboxylic acids is 3. The van der Waals surface area contributed by atoms with Crippen LogP contribution in [0.4, 0.5) is 10.1 Å². The first kappa shape index (κ1) is 21.3. The Labute approximate surface area is 183 Å². The van der Waals surface area contributed by atoms with Gasteiger partial charge in [-0.3, -0.25) is 19.3 Å². The summed E-state index contributed by atoms with van der Waals surface area (Å²) in [5, 5.41) is 13.7. The van der Waals surface area contributed by atoms with Crippen molar-refractivity contribution >= 4 is 23.4 Å². The SMILES string of the molecule is Cc1nnnn1-c1cc(NC(=O)C(CC(C)C)N2C(=O)c3ccccc3C2=O)ccc1F. The number of tetrazole rings is 1. The molecule has 4 rings (SSSR count). The molecule has 164 valence electrons. The van der Waals surface area contributed by atoms with Gasteiger partial charge in [-0.2, -0.15) is 4.68 Å². The summed E-state index contributed by atoms with van der Waals surface area (Å²) in [6.45, 7) is 5.41. The molecule has 1 unspecified atom stereocenters. The minimum Gasteiger partial charge on any atom is -0.324 e. The van der Waals surface area contributed by atoms with E-state index in [-0.39, 0.29) is 34.8 Å². The van der Waals surface area contributed by atoms with Crippen LogP contribution in [-0.4, -0.2) is 48.9 Å². The molecule has 3 aromatic rings. The Bertz CT molecular complexity index is 1190. The lowest BCUT2D eigenvalue weighted by molar-refractivity contribution is -0.120. The summed E-state index contributed by atoms with van der Waals surface area (Å²) in [6, 6.07) is 9.44. The first-order chi connectivity index (χ1) is 15.3. The van der Waals surface area contributed by atoms with Crippen LogP contribution in [0.25, 0.3) is 5.69 Å². The predicted octanol–water partition coefficient (Wildman–Crippen LogP) is 2.76. The maximum atomic E-state index is 14.4. The number of nitrogens with one attached hydrogen (secondary N) is 1. The summed E-state index contributed by atoms with van der Waals surface area (Å²) in [6.07, 6.45) is 0.275. The van der Waals surface area contributed by atoms with Crippen LogP contribution in [0.15, 0.2) is 42.5 Å². The summed E-state index contributed by atoms with van der Waals surface area (Å²) >= 11 is 0. The highest BCUT2D eigenvalue weighted by molar-refractivity contribution is 6.23. The van der Waals surface area contributed by atoms with Crippen molar-refractivity contribution in [2.45, 2.75) is 33.2 Å². The van der Waals surface area contributed by atoms with E-state index >= 15 is 0 Å². The molecule has 0 saturated heterocycles. The standard InChI is InChI=1S/C22H21FN6O3/c1-12(2)10-19(28-21(31)15-6-4-5-7-16(15)22(28)32)20(30)24-14-8-9-17(23)18(11-14)29-13(3)25-26-27-29/h4-9,11-12,19H,10H2,1-3H3,(H,24,30). The number of halogens is 1. The average molecular weight is 436 g/mol. The van der Waals surface area contributed by atoms with Gasteiger partial charge in [-0.1, -0.05) is 26.0 Å². The lowest BCUT2D eigenvalue weighted by atomic mass is 10.0. The van der Waals surface area contributed by atoms with Crippen molar-refractivity contribution in [1.82, 2.24) is 25.1 Å². The highest BCUT2D eigenvalue weighted by Crippen LogP contribution is 2.28. The Kier molecular flexibility index (Phi) is 5.52. The van der Waals surface area contributed by atoms with Gasteiger partial charge in [-0.25, -0.2) is 4.39 Å². The molecule has 0 aliphatic carbocycles. The minimum atomic E-state index is -1.02. The van der Waals surface area contributed by atoms with Crippen molar-refractivity contribution in [3.05, 3.63) is 65.2 Å². The van der Waals surface area contributed by atoms with E-state index in [1.807, 2.05) is 13.8 Å². The average Bonchev–Trinajstić information content (AvgIpc) is 3.29. The molecule has 0 spiro atoms. The van der Waals surface area contributed by atoms with Gasteiger partial charge in [0, 0.05) is 5.69 Å². The molecule has 3 amide bonds. The Morgan fingerprint density at radius 2 is 1.75 bits per heavy atom. The topological polar surface area (TPSA) is 110 Å². The number of benzene rings is 2. The van der Waals surface area contributed by atoms with Crippen LogP contribution in [0.1, 0.15) is 46.8 Å². The van der Waals surface area contributed by atoms with E-state index in [4.69, 9.17) is 0 Å². The van der Waals surface area contributed by atoms with Gasteiger partial charge < -0.3 is 5.32 Å². The smallest absolute Gasteiger partial charge is 0.262 e. The Balaban J connectivity index is 1.64. The van der Waals surface area contributed by atoms with Crippen LogP contribution >= 0.6 is 0 Å². The summed E-state index contributed by atoms with van der Waals surface area (Å²) in [4.78, 5) is 40.1. The van der Waals surface area contributed by atoms with Crippen LogP contribution in [-0.2, 0) is 4.79 Å². The van der Waals surface area contributed by atoms with Crippen molar-refractivity contribution in [2.24, 2.45) is 5.92 Å². The quantitative estimate of drug-likeness (QED) is 0.595. The van der Waals surface area contributed by atoms with Crippen molar-refractivity contribution in [2.75, 3.05) is 5.32 Å². The van der Waals surface area contributed by atoms with Gasteiger partial charge in [0.25, 0.3) is 11.8 Å². The van der Waals surface area contributed by atoms with Crippen LogP contribution in [0.3, 0.4) is 0 Å². The summed E-state index contributed by atoms with van der Waals surface area (Å²) in [5.74, 6) is -1.72. The summed E-state index contributed by atoms with van der Waals surface area (Å²) in [7, 11) is 0. The molecular formula is C22H21FN6O3. The molecule has 1 aliphatic heterocycles. The molecule has 1 N–H and O–H groups in total. The van der Waals surface area contributed by atoms with Gasteiger partial charge in [0.05, 0.1) is 11.1 Å². The van der Waals surface area contributed by atoms with Crippen molar-refractivity contribution in [1.29, 1.82) is 0 Å². The second-order valence-corrected chi connectivity index (χ2v) is 7.96. The lowest BCUT2D eigenvalue weighted by Gasteiger charge is -2.26. The molecular weight excluding hydrogens is 415 g/mol. The third kappa shape index (κ3) is 3.75. The third-order valence-electron chi connectivity index (χ3n) is 5.20. The normalized spacial score (nSPS) is 14.1. The van der Waals surface area contributed by atoms with Gasteiger partial charge in [0.2, 0.25) is 5.91 Å². The number of rotatable bonds is 6. The number of hydrogen-bond acceptors (Lipinski definition) is 6. The Hall–Kier alpha value is -3.95. The number of amides is 3. The summed E-state index contributed by atoms with van der Waals surface area (Å²) in [5.41, 5.74) is 0.896. The van der Waals surface area contributed by atoms with E-state index in [1.165, 1.54) is 22.9 Å². The van der Waals surface area contributed by atoms with Gasteiger partial charge >= 0.3 is 0 Å². The number of fused-ring (bicyclic) bond motifs is 1. The molecule has 2 aromatic carbocycles. The third-order valence-corrected chi connectivity index (χ3v) is 5.20. The fraction of sp³-hybridized carbons (Fsp3) is 0.273. The second-order valence-electron chi connectivity index (χ2n) is 7.96. The van der Waals surface area contributed by atoms with Gasteiger partial charge in [-0.15, -0.1) is 5.10 Å². The molecule has 10 heteroatoms. The zero-order chi connectivity index (χ0) is 23.0. The fourth-order valence-corrected chi connectivity index (χ4v) is 3.70. The van der Waals surface area contributed by atoms with E-state index in [9.17, 15) is 18.8 Å². The summed E-state index contributed by atoms with van der Waals surface area (Å²) < 4.78 is 15.6. The number of imide groups is 1. The highest BCUT2D eigenvalue weighted by Gasteiger charge is 2.42. The van der Waals surface area contributed by atoms with Crippen LogP contribution in [0.5, 0.6) is 0 Å². The molecule has 0 radical (unpaired) electrons. The van der Waals surface area contributed by atoms with Crippen molar-refractivity contribution in [3.63, 3.8) is 0 Å². The number of anilines is 1. The molecule has 2 heterocycles.